The van der Waals surface area contributed by atoms with E-state index in [9.17, 15) is 19.2 Å². The molecule has 0 aliphatic heterocycles. The SMILES string of the molecule is CC(C)(C)C(=O)CCC(COCC(=O)C(C)(C)C)C(COCC(=O)C(C)(C)C)OCC(=O)C(C)(C)C. The van der Waals surface area contributed by atoms with E-state index in [0.29, 0.717) is 12.8 Å². The van der Waals surface area contributed by atoms with Crippen molar-refractivity contribution in [2.45, 2.75) is 102 Å². The van der Waals surface area contributed by atoms with Crippen LogP contribution in [-0.2, 0) is 33.4 Å². The summed E-state index contributed by atoms with van der Waals surface area (Å²) >= 11 is 0. The zero-order valence-electron chi connectivity index (χ0n) is 25.0. The number of rotatable bonds is 15. The molecule has 7 nitrogen and oxygen atoms in total. The van der Waals surface area contributed by atoms with Gasteiger partial charge in [0, 0.05) is 34.0 Å². The second-order valence-corrected chi connectivity index (χ2v) is 13.9. The fourth-order valence-electron chi connectivity index (χ4n) is 2.79. The van der Waals surface area contributed by atoms with E-state index in [2.05, 4.69) is 0 Å². The first kappa shape index (κ1) is 34.6. The number of hydrogen-bond donors (Lipinski definition) is 0. The average Bonchev–Trinajstić information content (AvgIpc) is 2.69. The lowest BCUT2D eigenvalue weighted by molar-refractivity contribution is -0.143. The second-order valence-electron chi connectivity index (χ2n) is 13.9. The lowest BCUT2D eigenvalue weighted by Gasteiger charge is -2.29. The molecule has 0 saturated carbocycles. The Bertz CT molecular complexity index is 676. The normalized spacial score (nSPS) is 14.9. The lowest BCUT2D eigenvalue weighted by atomic mass is 9.85. The van der Waals surface area contributed by atoms with Crippen molar-refractivity contribution in [3.63, 3.8) is 0 Å². The van der Waals surface area contributed by atoms with E-state index >= 15 is 0 Å². The summed E-state index contributed by atoms with van der Waals surface area (Å²) in [6.07, 6.45) is 0.172. The first-order valence-electron chi connectivity index (χ1n) is 13.0. The predicted molar refractivity (Wildman–Crippen MR) is 142 cm³/mol. The van der Waals surface area contributed by atoms with Crippen LogP contribution in [0, 0.1) is 27.6 Å². The Kier molecular flexibility index (Phi) is 13.4. The third-order valence-corrected chi connectivity index (χ3v) is 6.12. The highest BCUT2D eigenvalue weighted by Gasteiger charge is 2.31. The lowest BCUT2D eigenvalue weighted by Crippen LogP contribution is -2.38. The quantitative estimate of drug-likeness (QED) is 0.295. The van der Waals surface area contributed by atoms with Crippen molar-refractivity contribution in [2.24, 2.45) is 27.6 Å². The highest BCUT2D eigenvalue weighted by Crippen LogP contribution is 2.25. The van der Waals surface area contributed by atoms with E-state index in [1.165, 1.54) is 0 Å². The van der Waals surface area contributed by atoms with Crippen molar-refractivity contribution in [3.05, 3.63) is 0 Å². The molecule has 2 unspecified atom stereocenters. The van der Waals surface area contributed by atoms with Gasteiger partial charge >= 0.3 is 0 Å². The van der Waals surface area contributed by atoms with Crippen LogP contribution in [0.15, 0.2) is 0 Å². The van der Waals surface area contributed by atoms with Gasteiger partial charge in [0.1, 0.15) is 25.6 Å². The van der Waals surface area contributed by atoms with Gasteiger partial charge in [0.2, 0.25) is 0 Å². The molecule has 0 radical (unpaired) electrons. The molecule has 0 rings (SSSR count). The Balaban J connectivity index is 5.65. The molecule has 0 spiro atoms. The largest absolute Gasteiger partial charge is 0.373 e. The highest BCUT2D eigenvalue weighted by molar-refractivity contribution is 5.85. The molecule has 2 atom stereocenters. The molecule has 0 saturated heterocycles. The fraction of sp³-hybridized carbons (Fsp3) is 0.862. The Hall–Kier alpha value is -1.44. The first-order valence-corrected chi connectivity index (χ1v) is 13.0. The molecule has 0 aliphatic carbocycles. The minimum absolute atomic E-state index is 0.0283. The van der Waals surface area contributed by atoms with Crippen molar-refractivity contribution >= 4 is 23.1 Å². The summed E-state index contributed by atoms with van der Waals surface area (Å²) in [6, 6.07) is 0. The average molecular weight is 513 g/mol. The molecule has 210 valence electrons. The van der Waals surface area contributed by atoms with Crippen molar-refractivity contribution < 1.29 is 33.4 Å². The third kappa shape index (κ3) is 13.8. The molecule has 0 aromatic rings. The van der Waals surface area contributed by atoms with Crippen molar-refractivity contribution in [1.82, 2.24) is 0 Å². The summed E-state index contributed by atoms with van der Waals surface area (Å²) in [7, 11) is 0. The summed E-state index contributed by atoms with van der Waals surface area (Å²) < 4.78 is 17.6. The van der Waals surface area contributed by atoms with Gasteiger partial charge in [0.25, 0.3) is 0 Å². The number of carbonyl (C=O) groups excluding carboxylic acids is 4. The molecule has 0 fully saturated rings. The molecule has 0 aliphatic rings. The first-order chi connectivity index (χ1) is 16.1. The Morgan fingerprint density at radius 1 is 0.528 bits per heavy atom. The molecule has 0 bridgehead atoms. The van der Waals surface area contributed by atoms with Gasteiger partial charge in [0.15, 0.2) is 17.3 Å². The van der Waals surface area contributed by atoms with Gasteiger partial charge in [-0.25, -0.2) is 0 Å². The minimum Gasteiger partial charge on any atom is -0.373 e. The van der Waals surface area contributed by atoms with Crippen LogP contribution in [0.2, 0.25) is 0 Å². The van der Waals surface area contributed by atoms with Crippen molar-refractivity contribution in [1.29, 1.82) is 0 Å². The zero-order chi connectivity index (χ0) is 28.5. The van der Waals surface area contributed by atoms with Crippen LogP contribution < -0.4 is 0 Å². The van der Waals surface area contributed by atoms with Crippen LogP contribution >= 0.6 is 0 Å². The summed E-state index contributed by atoms with van der Waals surface area (Å²) in [5, 5.41) is 0. The van der Waals surface area contributed by atoms with Crippen LogP contribution in [0.4, 0.5) is 0 Å². The van der Waals surface area contributed by atoms with Crippen molar-refractivity contribution in [3.8, 4) is 0 Å². The molecule has 36 heavy (non-hydrogen) atoms. The van der Waals surface area contributed by atoms with Gasteiger partial charge in [-0.3, -0.25) is 19.2 Å². The molecule has 0 aromatic heterocycles. The Morgan fingerprint density at radius 3 is 1.28 bits per heavy atom. The predicted octanol–water partition coefficient (Wildman–Crippen LogP) is 5.26. The van der Waals surface area contributed by atoms with Gasteiger partial charge in [-0.15, -0.1) is 0 Å². The van der Waals surface area contributed by atoms with E-state index in [4.69, 9.17) is 14.2 Å². The maximum atomic E-state index is 12.7. The molecular weight excluding hydrogens is 460 g/mol. The Labute approximate surface area is 219 Å². The topological polar surface area (TPSA) is 96.0 Å². The molecule has 7 heteroatoms. The van der Waals surface area contributed by atoms with Crippen molar-refractivity contribution in [2.75, 3.05) is 33.0 Å². The summed E-state index contributed by atoms with van der Waals surface area (Å²) in [6.45, 7) is 22.1. The van der Waals surface area contributed by atoms with E-state index < -0.39 is 27.8 Å². The van der Waals surface area contributed by atoms with Crippen LogP contribution in [0.3, 0.4) is 0 Å². The van der Waals surface area contributed by atoms with Gasteiger partial charge in [-0.1, -0.05) is 83.1 Å². The standard InChI is InChI=1S/C29H52O7/c1-26(2,3)22(30)14-13-20(15-34-17-23(31)27(4,5)6)21(36-19-25(33)29(10,11)12)16-35-18-24(32)28(7,8)9/h20-21H,13-19H2,1-12H3. The second kappa shape index (κ2) is 13.9. The van der Waals surface area contributed by atoms with Gasteiger partial charge in [-0.2, -0.15) is 0 Å². The minimum atomic E-state index is -0.582. The number of Topliss-reactive ketones (excluding diaryl/α,β-unsaturated/α-hetero) is 4. The van der Waals surface area contributed by atoms with Gasteiger partial charge in [-0.05, 0) is 6.42 Å². The van der Waals surface area contributed by atoms with Crippen LogP contribution in [0.25, 0.3) is 0 Å². The van der Waals surface area contributed by atoms with E-state index in [-0.39, 0.29) is 62.1 Å². The van der Waals surface area contributed by atoms with E-state index in [0.717, 1.165) is 0 Å². The number of hydrogen-bond acceptors (Lipinski definition) is 7. The highest BCUT2D eigenvalue weighted by atomic mass is 16.5. The van der Waals surface area contributed by atoms with Crippen LogP contribution in [0.5, 0.6) is 0 Å². The molecule has 0 N–H and O–H groups in total. The molecular formula is C29H52O7. The molecule has 0 amide bonds. The summed E-state index contributed by atoms with van der Waals surface area (Å²) in [5.41, 5.74) is -2.11. The monoisotopic (exact) mass is 512 g/mol. The number of ketones is 4. The van der Waals surface area contributed by atoms with Crippen LogP contribution in [-0.4, -0.2) is 62.3 Å². The number of ether oxygens (including phenoxy) is 3. The van der Waals surface area contributed by atoms with E-state index in [1.54, 1.807) is 0 Å². The van der Waals surface area contributed by atoms with Gasteiger partial charge < -0.3 is 14.2 Å². The zero-order valence-corrected chi connectivity index (χ0v) is 25.0. The molecule has 0 heterocycles. The Morgan fingerprint density at radius 2 is 0.889 bits per heavy atom. The van der Waals surface area contributed by atoms with E-state index in [1.807, 2.05) is 83.1 Å². The molecule has 0 aromatic carbocycles. The third-order valence-electron chi connectivity index (χ3n) is 6.12. The van der Waals surface area contributed by atoms with Gasteiger partial charge in [0.05, 0.1) is 19.3 Å². The summed E-state index contributed by atoms with van der Waals surface area (Å²) in [5.74, 6) is -0.335. The fourth-order valence-corrected chi connectivity index (χ4v) is 2.79. The number of carbonyl (C=O) groups is 4. The maximum Gasteiger partial charge on any atom is 0.163 e. The van der Waals surface area contributed by atoms with Crippen LogP contribution in [0.1, 0.15) is 95.9 Å². The summed E-state index contributed by atoms with van der Waals surface area (Å²) in [4.78, 5) is 49.9. The maximum absolute atomic E-state index is 12.7. The smallest absolute Gasteiger partial charge is 0.163 e.